The van der Waals surface area contributed by atoms with Crippen LogP contribution in [-0.4, -0.2) is 56.0 Å². The van der Waals surface area contributed by atoms with Gasteiger partial charge < -0.3 is 20.5 Å². The molecule has 2 fully saturated rings. The number of aliphatic hydroxyl groups is 1. The number of carbonyl (C=O) groups is 1. The summed E-state index contributed by atoms with van der Waals surface area (Å²) in [7, 11) is 0. The van der Waals surface area contributed by atoms with E-state index >= 15 is 0 Å². The predicted molar refractivity (Wildman–Crippen MR) is 129 cm³/mol. The van der Waals surface area contributed by atoms with Crippen LogP contribution >= 0.6 is 0 Å². The van der Waals surface area contributed by atoms with Crippen LogP contribution in [0.5, 0.6) is 5.75 Å². The average Bonchev–Trinajstić information content (AvgIpc) is 3.18. The van der Waals surface area contributed by atoms with Crippen molar-refractivity contribution in [1.29, 1.82) is 0 Å². The Labute approximate surface area is 210 Å². The number of piperidine rings is 1. The van der Waals surface area contributed by atoms with Gasteiger partial charge in [0.25, 0.3) is 5.91 Å². The maximum atomic E-state index is 13.0. The first-order valence-electron chi connectivity index (χ1n) is 12.3. The van der Waals surface area contributed by atoms with E-state index in [1.807, 2.05) is 6.07 Å². The molecule has 198 valence electrons. The Morgan fingerprint density at radius 2 is 1.81 bits per heavy atom. The van der Waals surface area contributed by atoms with Crippen LogP contribution in [0.25, 0.3) is 11.2 Å². The van der Waals surface area contributed by atoms with E-state index in [0.29, 0.717) is 31.6 Å². The summed E-state index contributed by atoms with van der Waals surface area (Å²) in [6, 6.07) is 5.14. The summed E-state index contributed by atoms with van der Waals surface area (Å²) in [5, 5.41) is 9.82. The number of fused-ring (bicyclic) bond motifs is 1. The van der Waals surface area contributed by atoms with Gasteiger partial charge in [-0.25, -0.2) is 9.78 Å². The zero-order valence-electron chi connectivity index (χ0n) is 20.0. The Balaban J connectivity index is 1.30. The molecule has 5 rings (SSSR count). The smallest absolute Gasteiger partial charge is 0.406 e. The van der Waals surface area contributed by atoms with Gasteiger partial charge >= 0.3 is 12.1 Å². The number of nitrogen functional groups attached to an aromatic ring is 1. The van der Waals surface area contributed by atoms with Gasteiger partial charge in [0, 0.05) is 37.1 Å². The number of aliphatic hydroxyl groups excluding tert-OH is 1. The number of anilines is 1. The molecule has 1 saturated carbocycles. The van der Waals surface area contributed by atoms with Crippen LogP contribution in [0.15, 0.2) is 35.3 Å². The predicted octanol–water partition coefficient (Wildman–Crippen LogP) is 3.70. The summed E-state index contributed by atoms with van der Waals surface area (Å²) in [5.74, 6) is -0.586. The summed E-state index contributed by atoms with van der Waals surface area (Å²) in [5.41, 5.74) is 7.88. The zero-order valence-corrected chi connectivity index (χ0v) is 20.0. The van der Waals surface area contributed by atoms with Crippen molar-refractivity contribution in [2.45, 2.75) is 63.0 Å². The zero-order chi connectivity index (χ0) is 26.3. The lowest BCUT2D eigenvalue weighted by molar-refractivity contribution is -0.274. The Hall–Kier alpha value is -3.54. The molecule has 1 aromatic carbocycles. The number of ether oxygens (including phenoxy) is 1. The van der Waals surface area contributed by atoms with Crippen molar-refractivity contribution < 1.29 is 27.8 Å². The first-order valence-corrected chi connectivity index (χ1v) is 12.3. The highest BCUT2D eigenvalue weighted by molar-refractivity contribution is 5.99. The molecular weight excluding hydrogens is 491 g/mol. The van der Waals surface area contributed by atoms with Gasteiger partial charge in [0.2, 0.25) is 0 Å². The van der Waals surface area contributed by atoms with E-state index in [0.717, 1.165) is 48.9 Å². The topological polar surface area (TPSA) is 126 Å². The molecule has 37 heavy (non-hydrogen) atoms. The van der Waals surface area contributed by atoms with Crippen molar-refractivity contribution in [3.8, 4) is 5.75 Å². The third-order valence-electron chi connectivity index (χ3n) is 7.36. The first kappa shape index (κ1) is 25.1. The first-order chi connectivity index (χ1) is 17.6. The number of benzene rings is 1. The van der Waals surface area contributed by atoms with Crippen LogP contribution in [0.3, 0.4) is 0 Å². The lowest BCUT2D eigenvalue weighted by Crippen LogP contribution is -2.40. The van der Waals surface area contributed by atoms with Crippen molar-refractivity contribution in [2.75, 3.05) is 18.8 Å². The van der Waals surface area contributed by atoms with E-state index in [1.165, 1.54) is 6.07 Å². The van der Waals surface area contributed by atoms with Crippen LogP contribution in [0.2, 0.25) is 0 Å². The van der Waals surface area contributed by atoms with Gasteiger partial charge in [-0.1, -0.05) is 0 Å². The Bertz CT molecular complexity index is 1350. The molecule has 2 aliphatic rings. The van der Waals surface area contributed by atoms with Crippen molar-refractivity contribution in [2.24, 2.45) is 0 Å². The third-order valence-corrected chi connectivity index (χ3v) is 7.36. The highest BCUT2D eigenvalue weighted by Gasteiger charge is 2.32. The average molecular weight is 520 g/mol. The molecule has 1 saturated heterocycles. The molecule has 3 aromatic rings. The molecule has 1 amide bonds. The number of alkyl halides is 3. The molecular formula is C25H28F3N5O4. The maximum Gasteiger partial charge on any atom is 0.573 e. The number of imidazole rings is 1. The van der Waals surface area contributed by atoms with Crippen LogP contribution in [0.4, 0.5) is 18.9 Å². The number of halogens is 3. The number of H-pyrrole nitrogens is 1. The number of nitrogens with two attached hydrogens (primary N) is 1. The number of aromatic nitrogens is 3. The Morgan fingerprint density at radius 3 is 2.46 bits per heavy atom. The number of pyridine rings is 1. The lowest BCUT2D eigenvalue weighted by atomic mass is 9.83. The summed E-state index contributed by atoms with van der Waals surface area (Å²) < 4.78 is 42.9. The fourth-order valence-electron chi connectivity index (χ4n) is 5.44. The van der Waals surface area contributed by atoms with Crippen molar-refractivity contribution in [1.82, 2.24) is 19.4 Å². The number of hydrogen-bond donors (Lipinski definition) is 3. The van der Waals surface area contributed by atoms with E-state index in [2.05, 4.69) is 14.7 Å². The molecule has 9 nitrogen and oxygen atoms in total. The van der Waals surface area contributed by atoms with Crippen LogP contribution < -0.4 is 16.2 Å². The molecule has 0 atom stereocenters. The number of carbonyl (C=O) groups excluding carboxylic acids is 1. The van der Waals surface area contributed by atoms with Crippen LogP contribution in [-0.2, 0) is 0 Å². The Kier molecular flexibility index (Phi) is 6.61. The van der Waals surface area contributed by atoms with Gasteiger partial charge in [-0.05, 0) is 68.2 Å². The van der Waals surface area contributed by atoms with Gasteiger partial charge in [-0.2, -0.15) is 0 Å². The van der Waals surface area contributed by atoms with Crippen molar-refractivity contribution in [3.63, 3.8) is 0 Å². The monoisotopic (exact) mass is 519 g/mol. The fourth-order valence-corrected chi connectivity index (χ4v) is 5.44. The van der Waals surface area contributed by atoms with Crippen molar-refractivity contribution >= 4 is 22.8 Å². The van der Waals surface area contributed by atoms with E-state index in [-0.39, 0.29) is 40.9 Å². The minimum Gasteiger partial charge on any atom is -0.406 e. The molecule has 2 aromatic heterocycles. The van der Waals surface area contributed by atoms with E-state index in [4.69, 9.17) is 5.73 Å². The van der Waals surface area contributed by atoms with Gasteiger partial charge in [0.05, 0.1) is 17.2 Å². The second-order valence-electron chi connectivity index (χ2n) is 9.76. The van der Waals surface area contributed by atoms with Gasteiger partial charge in [0.15, 0.2) is 5.65 Å². The maximum absolute atomic E-state index is 13.0. The standard InChI is InChI=1S/C25H28F3N5O4/c26-25(27,28)37-18-5-6-19(20(29)12-18)23(35)32-9-7-16(8-10-32)33-21-11-15(13-30-22(21)31-24(33)36)14-1-3-17(34)4-2-14/h5-6,11-14,16-17,34H,1-4,7-10,29H2,(H,30,31,36). The normalized spacial score (nSPS) is 21.4. The molecule has 0 radical (unpaired) electrons. The molecule has 1 aliphatic heterocycles. The van der Waals surface area contributed by atoms with E-state index in [1.54, 1.807) is 15.7 Å². The molecule has 0 unspecified atom stereocenters. The lowest BCUT2D eigenvalue weighted by Gasteiger charge is -2.33. The summed E-state index contributed by atoms with van der Waals surface area (Å²) in [6.07, 6.45) is 0.965. The van der Waals surface area contributed by atoms with E-state index in [9.17, 15) is 27.9 Å². The summed E-state index contributed by atoms with van der Waals surface area (Å²) >= 11 is 0. The van der Waals surface area contributed by atoms with Crippen molar-refractivity contribution in [3.05, 3.63) is 52.1 Å². The van der Waals surface area contributed by atoms with Gasteiger partial charge in [0.1, 0.15) is 5.75 Å². The van der Waals surface area contributed by atoms with Gasteiger partial charge in [-0.3, -0.25) is 14.3 Å². The second-order valence-corrected chi connectivity index (χ2v) is 9.76. The highest BCUT2D eigenvalue weighted by atomic mass is 19.4. The number of nitrogens with one attached hydrogen (secondary N) is 1. The molecule has 4 N–H and O–H groups in total. The molecule has 3 heterocycles. The molecule has 0 bridgehead atoms. The van der Waals surface area contributed by atoms with Crippen LogP contribution in [0, 0.1) is 0 Å². The minimum absolute atomic E-state index is 0.101. The van der Waals surface area contributed by atoms with Crippen LogP contribution in [0.1, 0.15) is 66.4 Å². The Morgan fingerprint density at radius 1 is 1.11 bits per heavy atom. The number of nitrogens with zero attached hydrogens (tertiary/aromatic N) is 3. The quantitative estimate of drug-likeness (QED) is 0.451. The molecule has 1 aliphatic carbocycles. The largest absolute Gasteiger partial charge is 0.573 e. The fraction of sp³-hybridized carbons (Fsp3) is 0.480. The highest BCUT2D eigenvalue weighted by Crippen LogP contribution is 2.34. The minimum atomic E-state index is -4.85. The number of rotatable bonds is 4. The third kappa shape index (κ3) is 5.29. The number of amides is 1. The summed E-state index contributed by atoms with van der Waals surface area (Å²) in [4.78, 5) is 34.7. The number of aromatic amines is 1. The number of hydrogen-bond acceptors (Lipinski definition) is 6. The SMILES string of the molecule is Nc1cc(OC(F)(F)F)ccc1C(=O)N1CCC(n2c(=O)[nH]c3ncc(C4CCC(O)CC4)cc32)CC1. The molecule has 0 spiro atoms. The summed E-state index contributed by atoms with van der Waals surface area (Å²) in [6.45, 7) is 0.715. The van der Waals surface area contributed by atoms with Gasteiger partial charge in [-0.15, -0.1) is 13.2 Å². The molecule has 12 heteroatoms. The van der Waals surface area contributed by atoms with E-state index < -0.39 is 12.1 Å². The number of likely N-dealkylation sites (tertiary alicyclic amines) is 1. The second kappa shape index (κ2) is 9.73.